The minimum atomic E-state index is 0.139. The molecule has 1 aliphatic heterocycles. The van der Waals surface area contributed by atoms with Crippen LogP contribution in [-0.4, -0.2) is 61.1 Å². The average molecular weight is 290 g/mol. The number of rotatable bonds is 4. The van der Waals surface area contributed by atoms with Crippen LogP contribution in [-0.2, 0) is 4.74 Å². The zero-order chi connectivity index (χ0) is 15.4. The highest BCUT2D eigenvalue weighted by Gasteiger charge is 2.31. The number of benzene rings is 1. The van der Waals surface area contributed by atoms with Crippen molar-refractivity contribution in [2.24, 2.45) is 0 Å². The summed E-state index contributed by atoms with van der Waals surface area (Å²) in [6, 6.07) is 8.55. The minimum absolute atomic E-state index is 0.139. The van der Waals surface area contributed by atoms with E-state index in [2.05, 4.69) is 18.7 Å². The lowest BCUT2D eigenvalue weighted by atomic mass is 10.1. The van der Waals surface area contributed by atoms with Crippen LogP contribution >= 0.6 is 0 Å². The van der Waals surface area contributed by atoms with Crippen LogP contribution in [0.5, 0.6) is 0 Å². The summed E-state index contributed by atoms with van der Waals surface area (Å²) in [5.74, 6) is 0.139. The van der Waals surface area contributed by atoms with Crippen LogP contribution in [0.2, 0.25) is 0 Å². The monoisotopic (exact) mass is 290 g/mol. The number of hydrogen-bond acceptors (Lipinski definition) is 3. The molecule has 0 radical (unpaired) electrons. The van der Waals surface area contributed by atoms with Gasteiger partial charge in [0.05, 0.1) is 6.61 Å². The van der Waals surface area contributed by atoms with Gasteiger partial charge in [0, 0.05) is 44.4 Å². The number of hydrogen-bond donors (Lipinski definition) is 0. The van der Waals surface area contributed by atoms with Crippen LogP contribution in [0.4, 0.5) is 0 Å². The van der Waals surface area contributed by atoms with E-state index in [1.54, 1.807) is 7.11 Å². The number of carbonyl (C=O) groups is 1. The second kappa shape index (κ2) is 7.05. The SMILES string of the molecule is COCCN1C(C)CN(C(=O)c2ccc(C)cc2)CC1C. The maximum atomic E-state index is 12.6. The van der Waals surface area contributed by atoms with Crippen molar-refractivity contribution >= 4 is 5.91 Å². The fraction of sp³-hybridized carbons (Fsp3) is 0.588. The quantitative estimate of drug-likeness (QED) is 0.852. The second-order valence-corrected chi connectivity index (χ2v) is 6.00. The van der Waals surface area contributed by atoms with E-state index in [0.29, 0.717) is 12.1 Å². The topological polar surface area (TPSA) is 32.8 Å². The van der Waals surface area contributed by atoms with E-state index in [1.165, 1.54) is 5.56 Å². The first kappa shape index (κ1) is 16.0. The highest BCUT2D eigenvalue weighted by atomic mass is 16.5. The normalized spacial score (nSPS) is 23.3. The van der Waals surface area contributed by atoms with Gasteiger partial charge in [-0.2, -0.15) is 0 Å². The molecule has 0 aliphatic carbocycles. The molecule has 21 heavy (non-hydrogen) atoms. The summed E-state index contributed by atoms with van der Waals surface area (Å²) in [5, 5.41) is 0. The largest absolute Gasteiger partial charge is 0.383 e. The van der Waals surface area contributed by atoms with Gasteiger partial charge >= 0.3 is 0 Å². The van der Waals surface area contributed by atoms with Crippen molar-refractivity contribution in [3.8, 4) is 0 Å². The predicted octanol–water partition coefficient (Wildman–Crippen LogP) is 2.18. The average Bonchev–Trinajstić information content (AvgIpc) is 2.46. The van der Waals surface area contributed by atoms with Crippen molar-refractivity contribution in [1.82, 2.24) is 9.80 Å². The number of amides is 1. The van der Waals surface area contributed by atoms with Crippen LogP contribution in [0, 0.1) is 6.92 Å². The molecule has 0 aromatic heterocycles. The number of carbonyl (C=O) groups excluding carboxylic acids is 1. The van der Waals surface area contributed by atoms with Gasteiger partial charge in [0.1, 0.15) is 0 Å². The molecule has 116 valence electrons. The van der Waals surface area contributed by atoms with Gasteiger partial charge in [-0.05, 0) is 32.9 Å². The lowest BCUT2D eigenvalue weighted by molar-refractivity contribution is 0.0193. The van der Waals surface area contributed by atoms with Crippen LogP contribution in [0.25, 0.3) is 0 Å². The summed E-state index contributed by atoms with van der Waals surface area (Å²) in [7, 11) is 1.73. The third kappa shape index (κ3) is 3.83. The number of piperazine rings is 1. The number of methoxy groups -OCH3 is 1. The Labute approximate surface area is 127 Å². The third-order valence-corrected chi connectivity index (χ3v) is 4.24. The molecule has 1 fully saturated rings. The molecular formula is C17H26N2O2. The van der Waals surface area contributed by atoms with E-state index in [4.69, 9.17) is 4.74 Å². The van der Waals surface area contributed by atoms with Crippen molar-refractivity contribution < 1.29 is 9.53 Å². The Hall–Kier alpha value is -1.39. The van der Waals surface area contributed by atoms with Crippen LogP contribution in [0.1, 0.15) is 29.8 Å². The maximum Gasteiger partial charge on any atom is 0.253 e. The first-order valence-corrected chi connectivity index (χ1v) is 7.63. The van der Waals surface area contributed by atoms with Crippen LogP contribution in [0.15, 0.2) is 24.3 Å². The van der Waals surface area contributed by atoms with Gasteiger partial charge in [0.2, 0.25) is 0 Å². The predicted molar refractivity (Wildman–Crippen MR) is 84.6 cm³/mol. The standard InChI is InChI=1S/C17H26N2O2/c1-13-5-7-16(8-6-13)17(20)18-11-14(2)19(9-10-21-4)15(3)12-18/h5-8,14-15H,9-12H2,1-4H3. The van der Waals surface area contributed by atoms with E-state index < -0.39 is 0 Å². The first-order valence-electron chi connectivity index (χ1n) is 7.63. The van der Waals surface area contributed by atoms with Crippen molar-refractivity contribution in [2.75, 3.05) is 33.4 Å². The lowest BCUT2D eigenvalue weighted by Crippen LogP contribution is -2.58. The van der Waals surface area contributed by atoms with E-state index in [0.717, 1.165) is 31.8 Å². The fourth-order valence-electron chi connectivity index (χ4n) is 3.04. The molecule has 4 heteroatoms. The van der Waals surface area contributed by atoms with Crippen molar-refractivity contribution in [3.05, 3.63) is 35.4 Å². The van der Waals surface area contributed by atoms with Gasteiger partial charge in [-0.15, -0.1) is 0 Å². The lowest BCUT2D eigenvalue weighted by Gasteiger charge is -2.44. The molecule has 1 saturated heterocycles. The summed E-state index contributed by atoms with van der Waals surface area (Å²) in [5.41, 5.74) is 1.96. The van der Waals surface area contributed by atoms with E-state index in [9.17, 15) is 4.79 Å². The Balaban J connectivity index is 2.03. The highest BCUT2D eigenvalue weighted by Crippen LogP contribution is 2.18. The molecule has 2 rings (SSSR count). The van der Waals surface area contributed by atoms with Crippen LogP contribution < -0.4 is 0 Å². The number of nitrogens with zero attached hydrogens (tertiary/aromatic N) is 2. The Morgan fingerprint density at radius 2 is 1.76 bits per heavy atom. The van der Waals surface area contributed by atoms with Gasteiger partial charge in [-0.1, -0.05) is 17.7 Å². The summed E-state index contributed by atoms with van der Waals surface area (Å²) < 4.78 is 5.17. The Morgan fingerprint density at radius 1 is 1.19 bits per heavy atom. The van der Waals surface area contributed by atoms with Gasteiger partial charge in [0.25, 0.3) is 5.91 Å². The van der Waals surface area contributed by atoms with Crippen LogP contribution in [0.3, 0.4) is 0 Å². The van der Waals surface area contributed by atoms with Gasteiger partial charge in [-0.25, -0.2) is 0 Å². The van der Waals surface area contributed by atoms with Gasteiger partial charge < -0.3 is 9.64 Å². The first-order chi connectivity index (χ1) is 10.0. The van der Waals surface area contributed by atoms with Crippen molar-refractivity contribution in [2.45, 2.75) is 32.9 Å². The zero-order valence-corrected chi connectivity index (χ0v) is 13.5. The summed E-state index contributed by atoms with van der Waals surface area (Å²) in [6.45, 7) is 9.61. The fourth-order valence-corrected chi connectivity index (χ4v) is 3.04. The van der Waals surface area contributed by atoms with E-state index >= 15 is 0 Å². The number of aryl methyl sites for hydroxylation is 1. The molecule has 0 N–H and O–H groups in total. The molecule has 1 heterocycles. The molecule has 2 unspecified atom stereocenters. The Kier molecular flexibility index (Phi) is 5.37. The summed E-state index contributed by atoms with van der Waals surface area (Å²) in [6.07, 6.45) is 0. The van der Waals surface area contributed by atoms with Crippen molar-refractivity contribution in [3.63, 3.8) is 0 Å². The smallest absolute Gasteiger partial charge is 0.253 e. The van der Waals surface area contributed by atoms with Gasteiger partial charge in [-0.3, -0.25) is 9.69 Å². The molecule has 1 aromatic rings. The highest BCUT2D eigenvalue weighted by molar-refractivity contribution is 5.94. The molecule has 0 spiro atoms. The summed E-state index contributed by atoms with van der Waals surface area (Å²) >= 11 is 0. The molecule has 1 amide bonds. The minimum Gasteiger partial charge on any atom is -0.383 e. The molecule has 0 bridgehead atoms. The molecule has 1 aliphatic rings. The molecule has 0 saturated carbocycles. The molecular weight excluding hydrogens is 264 g/mol. The second-order valence-electron chi connectivity index (χ2n) is 6.00. The summed E-state index contributed by atoms with van der Waals surface area (Å²) in [4.78, 5) is 17.0. The Bertz CT molecular complexity index is 460. The van der Waals surface area contributed by atoms with E-state index in [-0.39, 0.29) is 5.91 Å². The zero-order valence-electron chi connectivity index (χ0n) is 13.5. The molecule has 2 atom stereocenters. The third-order valence-electron chi connectivity index (χ3n) is 4.24. The maximum absolute atomic E-state index is 12.6. The van der Waals surface area contributed by atoms with Gasteiger partial charge in [0.15, 0.2) is 0 Å². The van der Waals surface area contributed by atoms with E-state index in [1.807, 2.05) is 36.1 Å². The number of ether oxygens (including phenoxy) is 1. The Morgan fingerprint density at radius 3 is 2.29 bits per heavy atom. The van der Waals surface area contributed by atoms with Crippen molar-refractivity contribution in [1.29, 1.82) is 0 Å². The molecule has 1 aromatic carbocycles. The molecule has 4 nitrogen and oxygen atoms in total.